The molecule has 0 aliphatic carbocycles. The Balaban J connectivity index is 1.52. The molecule has 1 N–H and O–H groups in total. The normalized spacial score (nSPS) is 19.0. The molecule has 0 bridgehead atoms. The molecule has 2 atom stereocenters. The number of benzene rings is 2. The second-order valence-corrected chi connectivity index (χ2v) is 10.9. The lowest BCUT2D eigenvalue weighted by Gasteiger charge is -2.38. The van der Waals surface area contributed by atoms with Gasteiger partial charge in [0.2, 0.25) is 5.13 Å². The summed E-state index contributed by atoms with van der Waals surface area (Å²) < 4.78 is 78.6. The molecule has 35 heavy (non-hydrogen) atoms. The lowest BCUT2D eigenvalue weighted by atomic mass is 9.81. The van der Waals surface area contributed by atoms with Crippen LogP contribution in [-0.2, 0) is 10.0 Å². The van der Waals surface area contributed by atoms with Gasteiger partial charge in [-0.15, -0.1) is 0 Å². The van der Waals surface area contributed by atoms with Gasteiger partial charge < -0.3 is 9.64 Å². The molecule has 0 saturated carbocycles. The van der Waals surface area contributed by atoms with E-state index in [-0.39, 0.29) is 30.1 Å². The molecule has 0 spiro atoms. The van der Waals surface area contributed by atoms with Gasteiger partial charge in [0.15, 0.2) is 11.6 Å². The van der Waals surface area contributed by atoms with E-state index < -0.39 is 39.0 Å². The van der Waals surface area contributed by atoms with E-state index >= 15 is 0 Å². The zero-order chi connectivity index (χ0) is 25.0. The highest BCUT2D eigenvalue weighted by Gasteiger charge is 2.31. The number of nitrogens with one attached hydrogen (secondary N) is 1. The van der Waals surface area contributed by atoms with E-state index in [0.717, 1.165) is 29.8 Å². The van der Waals surface area contributed by atoms with Crippen molar-refractivity contribution in [3.63, 3.8) is 0 Å². The van der Waals surface area contributed by atoms with Crippen molar-refractivity contribution in [3.05, 3.63) is 64.9 Å². The maximum Gasteiger partial charge on any atom is 0.266 e. The fourth-order valence-corrected chi connectivity index (χ4v) is 6.02. The van der Waals surface area contributed by atoms with Crippen LogP contribution in [0.5, 0.6) is 5.75 Å². The van der Waals surface area contributed by atoms with Crippen molar-refractivity contribution in [2.24, 2.45) is 5.92 Å². The summed E-state index contributed by atoms with van der Waals surface area (Å²) in [6, 6.07) is 8.68. The molecule has 0 radical (unpaired) electrons. The first kappa shape index (κ1) is 25.7. The molecule has 4 rings (SSSR count). The summed E-state index contributed by atoms with van der Waals surface area (Å²) in [4.78, 5) is 4.77. The number of likely N-dealkylation sites (tertiary alicyclic amines) is 1. The topological polar surface area (TPSA) is 84.4 Å². The largest absolute Gasteiger partial charge is 0.490 e. The summed E-state index contributed by atoms with van der Waals surface area (Å²) in [6.45, 7) is 1.03. The molecule has 1 saturated heterocycles. The molecule has 1 fully saturated rings. The fourth-order valence-electron chi connectivity index (χ4n) is 4.16. The number of nitrogens with zero attached hydrogens (tertiary/aromatic N) is 3. The highest BCUT2D eigenvalue weighted by molar-refractivity contribution is 7.93. The maximum atomic E-state index is 14.8. The average Bonchev–Trinajstić information content (AvgIpc) is 3.32. The standard InChI is InChI=1S/C22H22ClF3N4O3S2/c23-16-3-1-14(2-4-16)17-5-7-30(8-6-24)11-15(17)12-33-20-9-19(26)21(10-18(20)25)35(31,32)29-22-27-13-28-34-22/h1-4,9-10,13,15,17H,5-8,11-12H2,(H,27,28,29)/t15-,17-/m1/s1. The first-order valence-electron chi connectivity index (χ1n) is 10.7. The van der Waals surface area contributed by atoms with Crippen LogP contribution in [0.3, 0.4) is 0 Å². The molecular weight excluding hydrogens is 525 g/mol. The lowest BCUT2D eigenvalue weighted by Crippen LogP contribution is -2.42. The van der Waals surface area contributed by atoms with Gasteiger partial charge >= 0.3 is 0 Å². The average molecular weight is 547 g/mol. The van der Waals surface area contributed by atoms with Gasteiger partial charge in [0.1, 0.15) is 23.7 Å². The zero-order valence-corrected chi connectivity index (χ0v) is 20.7. The number of ether oxygens (including phenoxy) is 1. The third kappa shape index (κ3) is 6.24. The first-order chi connectivity index (χ1) is 16.8. The Morgan fingerprint density at radius 3 is 2.66 bits per heavy atom. The SMILES string of the molecule is O=S(=O)(Nc1ncns1)c1cc(F)c(OC[C@H]2CN(CCF)CC[C@@H]2c2ccc(Cl)cc2)cc1F. The van der Waals surface area contributed by atoms with Crippen LogP contribution in [0, 0.1) is 17.6 Å². The molecule has 13 heteroatoms. The van der Waals surface area contributed by atoms with Crippen LogP contribution in [0.4, 0.5) is 18.3 Å². The van der Waals surface area contributed by atoms with Crippen LogP contribution >= 0.6 is 23.1 Å². The third-order valence-corrected chi connectivity index (χ3v) is 8.14. The summed E-state index contributed by atoms with van der Waals surface area (Å²) in [5.74, 6) is -2.69. The van der Waals surface area contributed by atoms with Gasteiger partial charge in [0.05, 0.1) is 6.61 Å². The number of halogens is 4. The van der Waals surface area contributed by atoms with Crippen LogP contribution in [0.1, 0.15) is 17.9 Å². The molecule has 0 unspecified atom stereocenters. The van der Waals surface area contributed by atoms with E-state index in [4.69, 9.17) is 16.3 Å². The molecule has 7 nitrogen and oxygen atoms in total. The lowest BCUT2D eigenvalue weighted by molar-refractivity contribution is 0.104. The van der Waals surface area contributed by atoms with Gasteiger partial charge in [-0.2, -0.15) is 4.37 Å². The van der Waals surface area contributed by atoms with Gasteiger partial charge in [-0.25, -0.2) is 26.6 Å². The Morgan fingerprint density at radius 1 is 1.20 bits per heavy atom. The molecule has 2 aromatic carbocycles. The van der Waals surface area contributed by atoms with Crippen LogP contribution in [0.2, 0.25) is 5.02 Å². The minimum Gasteiger partial charge on any atom is -0.490 e. The van der Waals surface area contributed by atoms with Gasteiger partial charge in [0, 0.05) is 47.7 Å². The van der Waals surface area contributed by atoms with Gasteiger partial charge in [-0.1, -0.05) is 23.7 Å². The summed E-state index contributed by atoms with van der Waals surface area (Å²) in [6.07, 6.45) is 1.87. The van der Waals surface area contributed by atoms with E-state index in [1.54, 1.807) is 12.1 Å². The van der Waals surface area contributed by atoms with Crippen LogP contribution in [0.25, 0.3) is 0 Å². The molecule has 0 amide bonds. The molecule has 3 aromatic rings. The summed E-state index contributed by atoms with van der Waals surface area (Å²) >= 11 is 6.76. The van der Waals surface area contributed by atoms with Crippen molar-refractivity contribution in [1.82, 2.24) is 14.3 Å². The smallest absolute Gasteiger partial charge is 0.266 e. The molecule has 2 heterocycles. The van der Waals surface area contributed by atoms with Crippen molar-refractivity contribution in [2.45, 2.75) is 17.2 Å². The Labute approximate surface area is 210 Å². The quantitative estimate of drug-likeness (QED) is 0.418. The Morgan fingerprint density at radius 2 is 1.97 bits per heavy atom. The van der Waals surface area contributed by atoms with Crippen molar-refractivity contribution >= 4 is 38.3 Å². The van der Waals surface area contributed by atoms with Gasteiger partial charge in [-0.3, -0.25) is 4.72 Å². The Bertz CT molecular complexity index is 1250. The number of piperidine rings is 1. The number of hydrogen-bond acceptors (Lipinski definition) is 7. The fraction of sp³-hybridized carbons (Fsp3) is 0.364. The highest BCUT2D eigenvalue weighted by atomic mass is 35.5. The predicted molar refractivity (Wildman–Crippen MR) is 127 cm³/mol. The van der Waals surface area contributed by atoms with Gasteiger partial charge in [-0.05, 0) is 36.6 Å². The van der Waals surface area contributed by atoms with Crippen molar-refractivity contribution in [3.8, 4) is 5.75 Å². The van der Waals surface area contributed by atoms with Gasteiger partial charge in [0.25, 0.3) is 10.0 Å². The van der Waals surface area contributed by atoms with Crippen LogP contribution < -0.4 is 9.46 Å². The second kappa shape index (κ2) is 11.1. The van der Waals surface area contributed by atoms with Crippen molar-refractivity contribution in [2.75, 3.05) is 37.6 Å². The minimum atomic E-state index is -4.42. The number of alkyl halides is 1. The van der Waals surface area contributed by atoms with Crippen LogP contribution in [0.15, 0.2) is 47.6 Å². The third-order valence-electron chi connectivity index (χ3n) is 5.83. The number of rotatable bonds is 9. The monoisotopic (exact) mass is 546 g/mol. The Hall–Kier alpha value is -2.41. The van der Waals surface area contributed by atoms with E-state index in [1.807, 2.05) is 17.0 Å². The number of aromatic nitrogens is 2. The van der Waals surface area contributed by atoms with E-state index in [2.05, 4.69) is 14.1 Å². The number of hydrogen-bond donors (Lipinski definition) is 1. The maximum absolute atomic E-state index is 14.8. The summed E-state index contributed by atoms with van der Waals surface area (Å²) in [7, 11) is -4.42. The zero-order valence-electron chi connectivity index (χ0n) is 18.3. The number of sulfonamides is 1. The van der Waals surface area contributed by atoms with Crippen molar-refractivity contribution < 1.29 is 26.3 Å². The van der Waals surface area contributed by atoms with E-state index in [0.29, 0.717) is 30.2 Å². The van der Waals surface area contributed by atoms with Crippen molar-refractivity contribution in [1.29, 1.82) is 0 Å². The molecule has 188 valence electrons. The minimum absolute atomic E-state index is 0.0293. The summed E-state index contributed by atoms with van der Waals surface area (Å²) in [5.41, 5.74) is 1.03. The van der Waals surface area contributed by atoms with E-state index in [1.165, 1.54) is 0 Å². The molecule has 1 aliphatic rings. The Kier molecular flexibility index (Phi) is 8.15. The molecule has 1 aromatic heterocycles. The van der Waals surface area contributed by atoms with E-state index in [9.17, 15) is 21.6 Å². The predicted octanol–water partition coefficient (Wildman–Crippen LogP) is 4.72. The second-order valence-electron chi connectivity index (χ2n) is 8.07. The molecular formula is C22H22ClF3N4O3S2. The summed E-state index contributed by atoms with van der Waals surface area (Å²) in [5, 5.41) is 0.526. The van der Waals surface area contributed by atoms with Crippen LogP contribution in [-0.4, -0.2) is 55.6 Å². The molecule has 1 aliphatic heterocycles. The first-order valence-corrected chi connectivity index (χ1v) is 13.4. The highest BCUT2D eigenvalue weighted by Crippen LogP contribution is 2.35. The number of anilines is 1.